The fourth-order valence-corrected chi connectivity index (χ4v) is 3.29. The number of hydrogen-bond acceptors (Lipinski definition) is 3. The Kier molecular flexibility index (Phi) is 3.66. The Morgan fingerprint density at radius 1 is 1.20 bits per heavy atom. The molecule has 4 rings (SSSR count). The van der Waals surface area contributed by atoms with Crippen LogP contribution in [0.5, 0.6) is 0 Å². The van der Waals surface area contributed by atoms with Gasteiger partial charge in [0.05, 0.1) is 0 Å². The molecule has 3 fully saturated rings. The number of piperidine rings is 3. The number of benzene rings is 1. The SMILES string of the molecule is CN(C)c1ccc(C(=O)N[C@H]2CN3CCC2CC3)cc1. The number of amides is 1. The fraction of sp³-hybridized carbons (Fsp3) is 0.562. The van der Waals surface area contributed by atoms with E-state index in [1.165, 1.54) is 25.9 Å². The molecule has 1 amide bonds. The van der Waals surface area contributed by atoms with Gasteiger partial charge in [0.1, 0.15) is 0 Å². The van der Waals surface area contributed by atoms with Gasteiger partial charge in [-0.25, -0.2) is 0 Å². The van der Waals surface area contributed by atoms with Gasteiger partial charge in [0, 0.05) is 37.9 Å². The molecule has 2 bridgehead atoms. The molecule has 3 aliphatic rings. The van der Waals surface area contributed by atoms with Gasteiger partial charge in [0.15, 0.2) is 0 Å². The lowest BCUT2D eigenvalue weighted by molar-refractivity contribution is 0.0620. The molecule has 0 saturated carbocycles. The third-order valence-electron chi connectivity index (χ3n) is 4.62. The van der Waals surface area contributed by atoms with E-state index in [1.54, 1.807) is 0 Å². The highest BCUT2D eigenvalue weighted by Crippen LogP contribution is 2.27. The zero-order valence-corrected chi connectivity index (χ0v) is 12.3. The van der Waals surface area contributed by atoms with Crippen LogP contribution in [0.2, 0.25) is 0 Å². The van der Waals surface area contributed by atoms with Crippen LogP contribution in [0.25, 0.3) is 0 Å². The second-order valence-electron chi connectivity index (χ2n) is 6.16. The number of carbonyl (C=O) groups excluding carboxylic acids is 1. The van der Waals surface area contributed by atoms with Gasteiger partial charge in [-0.05, 0) is 56.1 Å². The van der Waals surface area contributed by atoms with Crippen LogP contribution in [-0.4, -0.2) is 50.6 Å². The Hall–Kier alpha value is -1.55. The number of hydrogen-bond donors (Lipinski definition) is 1. The lowest BCUT2D eigenvalue weighted by Gasteiger charge is -2.44. The summed E-state index contributed by atoms with van der Waals surface area (Å²) in [5.41, 5.74) is 1.87. The van der Waals surface area contributed by atoms with E-state index in [1.807, 2.05) is 43.3 Å². The molecule has 3 saturated heterocycles. The summed E-state index contributed by atoms with van der Waals surface area (Å²) < 4.78 is 0. The molecule has 20 heavy (non-hydrogen) atoms. The summed E-state index contributed by atoms with van der Waals surface area (Å²) in [5.74, 6) is 0.735. The molecular formula is C16H23N3O. The zero-order valence-electron chi connectivity index (χ0n) is 12.3. The smallest absolute Gasteiger partial charge is 0.251 e. The van der Waals surface area contributed by atoms with E-state index >= 15 is 0 Å². The van der Waals surface area contributed by atoms with Crippen LogP contribution in [0.1, 0.15) is 23.2 Å². The lowest BCUT2D eigenvalue weighted by Crippen LogP contribution is -2.57. The van der Waals surface area contributed by atoms with Gasteiger partial charge in [-0.2, -0.15) is 0 Å². The number of nitrogens with zero attached hydrogens (tertiary/aromatic N) is 2. The van der Waals surface area contributed by atoms with Crippen LogP contribution in [0.15, 0.2) is 24.3 Å². The van der Waals surface area contributed by atoms with Gasteiger partial charge < -0.3 is 15.1 Å². The second-order valence-corrected chi connectivity index (χ2v) is 6.16. The van der Waals surface area contributed by atoms with Crippen molar-refractivity contribution in [3.8, 4) is 0 Å². The van der Waals surface area contributed by atoms with Crippen molar-refractivity contribution in [2.24, 2.45) is 5.92 Å². The van der Waals surface area contributed by atoms with Crippen LogP contribution in [0.4, 0.5) is 5.69 Å². The molecule has 3 aliphatic heterocycles. The number of nitrogens with one attached hydrogen (secondary N) is 1. The minimum atomic E-state index is 0.0639. The Bertz CT molecular complexity index is 475. The number of rotatable bonds is 3. The van der Waals surface area contributed by atoms with Crippen molar-refractivity contribution in [1.82, 2.24) is 10.2 Å². The summed E-state index contributed by atoms with van der Waals surface area (Å²) in [5, 5.41) is 3.22. The Morgan fingerprint density at radius 3 is 2.35 bits per heavy atom. The highest BCUT2D eigenvalue weighted by molar-refractivity contribution is 5.94. The minimum Gasteiger partial charge on any atom is -0.378 e. The number of anilines is 1. The van der Waals surface area contributed by atoms with Crippen molar-refractivity contribution in [3.05, 3.63) is 29.8 Å². The standard InChI is InChI=1S/C16H23N3O/c1-18(2)14-5-3-13(4-6-14)16(20)17-15-11-19-9-7-12(15)8-10-19/h3-6,12,15H,7-11H2,1-2H3,(H,17,20)/t15-/m0/s1. The van der Waals surface area contributed by atoms with Gasteiger partial charge in [0.2, 0.25) is 0 Å². The average molecular weight is 273 g/mol. The average Bonchev–Trinajstić information content (AvgIpc) is 2.48. The molecule has 1 N–H and O–H groups in total. The third kappa shape index (κ3) is 2.66. The van der Waals surface area contributed by atoms with Crippen molar-refractivity contribution < 1.29 is 4.79 Å². The molecule has 4 heteroatoms. The fourth-order valence-electron chi connectivity index (χ4n) is 3.29. The topological polar surface area (TPSA) is 35.6 Å². The molecular weight excluding hydrogens is 250 g/mol. The maximum atomic E-state index is 12.3. The van der Waals surface area contributed by atoms with Crippen molar-refractivity contribution in [3.63, 3.8) is 0 Å². The summed E-state index contributed by atoms with van der Waals surface area (Å²) in [4.78, 5) is 16.8. The van der Waals surface area contributed by atoms with E-state index in [2.05, 4.69) is 10.2 Å². The first kappa shape index (κ1) is 13.4. The predicted octanol–water partition coefficient (Wildman–Crippen LogP) is 1.58. The number of carbonyl (C=O) groups is 1. The van der Waals surface area contributed by atoms with Crippen LogP contribution in [0.3, 0.4) is 0 Å². The Labute approximate surface area is 120 Å². The molecule has 1 aromatic rings. The van der Waals surface area contributed by atoms with Crippen LogP contribution >= 0.6 is 0 Å². The first-order valence-electron chi connectivity index (χ1n) is 7.44. The molecule has 0 unspecified atom stereocenters. The zero-order chi connectivity index (χ0) is 14.1. The molecule has 3 heterocycles. The van der Waals surface area contributed by atoms with E-state index in [4.69, 9.17) is 0 Å². The molecule has 1 atom stereocenters. The van der Waals surface area contributed by atoms with Crippen LogP contribution < -0.4 is 10.2 Å². The second kappa shape index (κ2) is 5.44. The van der Waals surface area contributed by atoms with Gasteiger partial charge in [-0.3, -0.25) is 4.79 Å². The Morgan fingerprint density at radius 2 is 1.85 bits per heavy atom. The molecule has 4 nitrogen and oxygen atoms in total. The van der Waals surface area contributed by atoms with Crippen LogP contribution in [0, 0.1) is 5.92 Å². The van der Waals surface area contributed by atoms with Crippen molar-refractivity contribution >= 4 is 11.6 Å². The quantitative estimate of drug-likeness (QED) is 0.908. The third-order valence-corrected chi connectivity index (χ3v) is 4.62. The van der Waals surface area contributed by atoms with Gasteiger partial charge in [0.25, 0.3) is 5.91 Å². The van der Waals surface area contributed by atoms with Crippen molar-refractivity contribution in [2.45, 2.75) is 18.9 Å². The van der Waals surface area contributed by atoms with Crippen LogP contribution in [-0.2, 0) is 0 Å². The summed E-state index contributed by atoms with van der Waals surface area (Å²) >= 11 is 0. The number of fused-ring (bicyclic) bond motifs is 3. The van der Waals surface area contributed by atoms with Gasteiger partial charge in [-0.1, -0.05) is 0 Å². The molecule has 0 aliphatic carbocycles. The van der Waals surface area contributed by atoms with Gasteiger partial charge >= 0.3 is 0 Å². The maximum Gasteiger partial charge on any atom is 0.251 e. The Balaban J connectivity index is 1.64. The molecule has 0 radical (unpaired) electrons. The minimum absolute atomic E-state index is 0.0639. The van der Waals surface area contributed by atoms with Crippen molar-refractivity contribution in [2.75, 3.05) is 38.6 Å². The predicted molar refractivity (Wildman–Crippen MR) is 81.2 cm³/mol. The monoisotopic (exact) mass is 273 g/mol. The van der Waals surface area contributed by atoms with Crippen molar-refractivity contribution in [1.29, 1.82) is 0 Å². The summed E-state index contributed by atoms with van der Waals surface area (Å²) in [6.07, 6.45) is 2.45. The first-order chi connectivity index (χ1) is 9.63. The van der Waals surface area contributed by atoms with Gasteiger partial charge in [-0.15, -0.1) is 0 Å². The largest absolute Gasteiger partial charge is 0.378 e. The van der Waals surface area contributed by atoms with E-state index in [9.17, 15) is 4.79 Å². The summed E-state index contributed by atoms with van der Waals surface area (Å²) in [6, 6.07) is 8.13. The summed E-state index contributed by atoms with van der Waals surface area (Å²) in [7, 11) is 4.00. The molecule has 108 valence electrons. The maximum absolute atomic E-state index is 12.3. The van der Waals surface area contributed by atoms with E-state index in [0.717, 1.165) is 17.8 Å². The molecule has 0 spiro atoms. The summed E-state index contributed by atoms with van der Waals surface area (Å²) in [6.45, 7) is 3.43. The molecule has 0 aromatic heterocycles. The highest BCUT2D eigenvalue weighted by atomic mass is 16.1. The molecule has 1 aromatic carbocycles. The van der Waals surface area contributed by atoms with E-state index in [-0.39, 0.29) is 5.91 Å². The van der Waals surface area contributed by atoms with E-state index in [0.29, 0.717) is 12.0 Å². The first-order valence-corrected chi connectivity index (χ1v) is 7.44. The lowest BCUT2D eigenvalue weighted by atomic mass is 9.84. The normalized spacial score (nSPS) is 28.2. The highest BCUT2D eigenvalue weighted by Gasteiger charge is 2.34. The van der Waals surface area contributed by atoms with E-state index < -0.39 is 0 Å².